The van der Waals surface area contributed by atoms with E-state index in [-0.39, 0.29) is 17.1 Å². The number of hydrogen-bond acceptors (Lipinski definition) is 6. The highest BCUT2D eigenvalue weighted by Crippen LogP contribution is 2.25. The predicted molar refractivity (Wildman–Crippen MR) is 124 cm³/mol. The largest absolute Gasteiger partial charge is 0.351 e. The van der Waals surface area contributed by atoms with Gasteiger partial charge in [-0.2, -0.15) is 11.8 Å². The summed E-state index contributed by atoms with van der Waals surface area (Å²) in [7, 11) is 0. The van der Waals surface area contributed by atoms with Crippen molar-refractivity contribution in [3.8, 4) is 0 Å². The molecule has 0 fully saturated rings. The highest BCUT2D eigenvalue weighted by molar-refractivity contribution is 7.98. The number of carbonyl (C=O) groups excluding carboxylic acids is 3. The number of primary amides is 1. The third-order valence-electron chi connectivity index (χ3n) is 4.33. The molecule has 2 aromatic carbocycles. The highest BCUT2D eigenvalue weighted by Gasteiger charge is 2.23. The molecule has 10 nitrogen and oxygen atoms in total. The number of nitro benzene ring substituents is 1. The van der Waals surface area contributed by atoms with Crippen molar-refractivity contribution in [2.45, 2.75) is 19.0 Å². The normalized spacial score (nSPS) is 11.3. The van der Waals surface area contributed by atoms with Crippen molar-refractivity contribution >= 4 is 52.6 Å². The van der Waals surface area contributed by atoms with Gasteiger partial charge in [0.1, 0.15) is 11.1 Å². The van der Waals surface area contributed by atoms with Gasteiger partial charge in [0.15, 0.2) is 0 Å². The van der Waals surface area contributed by atoms with E-state index in [9.17, 15) is 24.5 Å². The fourth-order valence-corrected chi connectivity index (χ4v) is 3.36. The van der Waals surface area contributed by atoms with E-state index in [1.165, 1.54) is 23.9 Å². The number of anilines is 1. The molecule has 0 aliphatic heterocycles. The number of urea groups is 1. The Bertz CT molecular complexity index is 1000. The van der Waals surface area contributed by atoms with E-state index >= 15 is 0 Å². The molecule has 0 radical (unpaired) electrons. The van der Waals surface area contributed by atoms with Crippen molar-refractivity contribution in [3.63, 3.8) is 0 Å². The Labute approximate surface area is 193 Å². The van der Waals surface area contributed by atoms with Crippen molar-refractivity contribution in [2.24, 2.45) is 5.73 Å². The van der Waals surface area contributed by atoms with Gasteiger partial charge in [-0.25, -0.2) is 4.79 Å². The monoisotopic (exact) mass is 479 g/mol. The molecule has 5 N–H and O–H groups in total. The molecule has 0 saturated carbocycles. The minimum Gasteiger partial charge on any atom is -0.351 e. The van der Waals surface area contributed by atoms with Crippen LogP contribution in [0.5, 0.6) is 0 Å². The summed E-state index contributed by atoms with van der Waals surface area (Å²) in [6.45, 7) is 0.202. The molecule has 2 aromatic rings. The second-order valence-corrected chi connectivity index (χ2v) is 8.03. The number of nitro groups is 1. The van der Waals surface area contributed by atoms with Crippen LogP contribution < -0.4 is 21.7 Å². The van der Waals surface area contributed by atoms with Gasteiger partial charge in [-0.05, 0) is 48.3 Å². The number of hydrogen-bond donors (Lipinski definition) is 4. The molecule has 1 atom stereocenters. The molecule has 0 aromatic heterocycles. The van der Waals surface area contributed by atoms with E-state index < -0.39 is 34.5 Å². The molecule has 1 unspecified atom stereocenters. The number of nitrogens with one attached hydrogen (secondary N) is 3. The summed E-state index contributed by atoms with van der Waals surface area (Å²) in [5.74, 6) is -0.393. The number of amides is 4. The molecule has 0 aliphatic rings. The summed E-state index contributed by atoms with van der Waals surface area (Å²) in [6.07, 6.45) is 2.25. The lowest BCUT2D eigenvalue weighted by molar-refractivity contribution is -0.384. The van der Waals surface area contributed by atoms with Crippen LogP contribution >= 0.6 is 23.4 Å². The highest BCUT2D eigenvalue weighted by atomic mass is 35.5. The SMILES string of the molecule is CSCCC(NC(=O)c1ccc(Cl)c([N+](=O)[O-])c1)C(=O)NCc1ccc(NC(N)=O)cc1. The van der Waals surface area contributed by atoms with Gasteiger partial charge < -0.3 is 21.7 Å². The Morgan fingerprint density at radius 2 is 1.88 bits per heavy atom. The topological polar surface area (TPSA) is 156 Å². The van der Waals surface area contributed by atoms with Crippen LogP contribution in [0.1, 0.15) is 22.3 Å². The van der Waals surface area contributed by atoms with Crippen LogP contribution in [0, 0.1) is 10.1 Å². The zero-order chi connectivity index (χ0) is 23.7. The Balaban J connectivity index is 2.04. The zero-order valence-electron chi connectivity index (χ0n) is 17.1. The first-order valence-electron chi connectivity index (χ1n) is 9.38. The van der Waals surface area contributed by atoms with E-state index in [1.807, 2.05) is 6.26 Å². The number of rotatable bonds is 10. The van der Waals surface area contributed by atoms with E-state index in [2.05, 4.69) is 16.0 Å². The van der Waals surface area contributed by atoms with Crippen LogP contribution in [0.25, 0.3) is 0 Å². The van der Waals surface area contributed by atoms with Crippen molar-refractivity contribution < 1.29 is 19.3 Å². The molecule has 0 aliphatic carbocycles. The molecule has 4 amide bonds. The lowest BCUT2D eigenvalue weighted by atomic mass is 10.1. The van der Waals surface area contributed by atoms with Crippen molar-refractivity contribution in [2.75, 3.05) is 17.3 Å². The van der Waals surface area contributed by atoms with Crippen LogP contribution in [-0.4, -0.2) is 40.8 Å². The molecule has 0 spiro atoms. The molecule has 32 heavy (non-hydrogen) atoms. The zero-order valence-corrected chi connectivity index (χ0v) is 18.7. The molecule has 170 valence electrons. The molecule has 2 rings (SSSR count). The van der Waals surface area contributed by atoms with Gasteiger partial charge >= 0.3 is 6.03 Å². The average molecular weight is 480 g/mol. The lowest BCUT2D eigenvalue weighted by Gasteiger charge is -2.18. The minimum atomic E-state index is -0.833. The quantitative estimate of drug-likeness (QED) is 0.303. The first-order valence-corrected chi connectivity index (χ1v) is 11.1. The van der Waals surface area contributed by atoms with E-state index in [1.54, 1.807) is 24.3 Å². The standard InChI is InChI=1S/C20H22ClN5O5S/c1-32-9-8-16(25-18(27)13-4-7-15(21)17(10-13)26(30)31)19(28)23-11-12-2-5-14(6-3-12)24-20(22)29/h2-7,10,16H,8-9,11H2,1H3,(H,23,28)(H,25,27)(H3,22,24,29). The summed E-state index contributed by atoms with van der Waals surface area (Å²) < 4.78 is 0. The Hall–Kier alpha value is -3.31. The van der Waals surface area contributed by atoms with Crippen molar-refractivity contribution in [1.82, 2.24) is 10.6 Å². The first-order chi connectivity index (χ1) is 15.2. The van der Waals surface area contributed by atoms with Gasteiger partial charge in [0.05, 0.1) is 4.92 Å². The second kappa shape index (κ2) is 11.9. The van der Waals surface area contributed by atoms with Gasteiger partial charge in [0.2, 0.25) is 5.91 Å². The van der Waals surface area contributed by atoms with Crippen LogP contribution in [0.4, 0.5) is 16.2 Å². The van der Waals surface area contributed by atoms with E-state index in [4.69, 9.17) is 17.3 Å². The van der Waals surface area contributed by atoms with E-state index in [0.717, 1.165) is 11.6 Å². The number of benzene rings is 2. The van der Waals surface area contributed by atoms with Crippen molar-refractivity contribution in [1.29, 1.82) is 0 Å². The van der Waals surface area contributed by atoms with Gasteiger partial charge in [-0.15, -0.1) is 0 Å². The predicted octanol–water partition coefficient (Wildman–Crippen LogP) is 2.91. The molecule has 0 heterocycles. The number of thioether (sulfide) groups is 1. The third-order valence-corrected chi connectivity index (χ3v) is 5.29. The first kappa shape index (κ1) is 25.0. The number of halogens is 1. The summed E-state index contributed by atoms with van der Waals surface area (Å²) in [6, 6.07) is 8.91. The number of nitrogens with two attached hydrogens (primary N) is 1. The van der Waals surface area contributed by atoms with Crippen molar-refractivity contribution in [3.05, 3.63) is 68.7 Å². The fourth-order valence-electron chi connectivity index (χ4n) is 2.70. The van der Waals surface area contributed by atoms with Gasteiger partial charge in [-0.1, -0.05) is 23.7 Å². The molecule has 0 saturated heterocycles. The summed E-state index contributed by atoms with van der Waals surface area (Å²) in [5.41, 5.74) is 6.00. The van der Waals surface area contributed by atoms with Crippen LogP contribution in [0.15, 0.2) is 42.5 Å². The van der Waals surface area contributed by atoms with Gasteiger partial charge in [0.25, 0.3) is 11.6 Å². The third kappa shape index (κ3) is 7.43. The second-order valence-electron chi connectivity index (χ2n) is 6.63. The Kier molecular flexibility index (Phi) is 9.29. The van der Waals surface area contributed by atoms with E-state index in [0.29, 0.717) is 17.9 Å². The molecule has 0 bridgehead atoms. The molecule has 12 heteroatoms. The maximum absolute atomic E-state index is 12.7. The number of nitrogens with zero attached hydrogens (tertiary/aromatic N) is 1. The molecular weight excluding hydrogens is 458 g/mol. The average Bonchev–Trinajstić information content (AvgIpc) is 2.75. The molecular formula is C20H22ClN5O5S. The minimum absolute atomic E-state index is 0.0283. The Morgan fingerprint density at radius 1 is 1.19 bits per heavy atom. The summed E-state index contributed by atoms with van der Waals surface area (Å²) >= 11 is 7.30. The summed E-state index contributed by atoms with van der Waals surface area (Å²) in [4.78, 5) is 46.5. The smallest absolute Gasteiger partial charge is 0.316 e. The van der Waals surface area contributed by atoms with Gasteiger partial charge in [-0.3, -0.25) is 19.7 Å². The Morgan fingerprint density at radius 3 is 2.47 bits per heavy atom. The number of carbonyl (C=O) groups is 3. The lowest BCUT2D eigenvalue weighted by Crippen LogP contribution is -2.46. The van der Waals surface area contributed by atoms with Crippen LogP contribution in [0.2, 0.25) is 5.02 Å². The van der Waals surface area contributed by atoms with Crippen LogP contribution in [0.3, 0.4) is 0 Å². The summed E-state index contributed by atoms with van der Waals surface area (Å²) in [5, 5.41) is 18.8. The maximum atomic E-state index is 12.7. The fraction of sp³-hybridized carbons (Fsp3) is 0.250. The van der Waals surface area contributed by atoms with Gasteiger partial charge in [0, 0.05) is 23.9 Å². The maximum Gasteiger partial charge on any atom is 0.316 e. The van der Waals surface area contributed by atoms with Crippen LogP contribution in [-0.2, 0) is 11.3 Å².